The van der Waals surface area contributed by atoms with Gasteiger partial charge in [0.25, 0.3) is 0 Å². The Kier molecular flexibility index (Phi) is 5.76. The highest BCUT2D eigenvalue weighted by atomic mass is 32.1. The zero-order chi connectivity index (χ0) is 16.8. The van der Waals surface area contributed by atoms with Crippen LogP contribution >= 0.6 is 11.3 Å². The minimum atomic E-state index is -0.636. The van der Waals surface area contributed by atoms with Gasteiger partial charge in [-0.15, -0.1) is 11.3 Å². The van der Waals surface area contributed by atoms with E-state index in [9.17, 15) is 9.59 Å². The molecule has 4 N–H and O–H groups in total. The van der Waals surface area contributed by atoms with Crippen LogP contribution in [0.4, 0.5) is 4.79 Å². The molecule has 1 aromatic carbocycles. The first-order valence-corrected chi connectivity index (χ1v) is 8.29. The van der Waals surface area contributed by atoms with E-state index in [2.05, 4.69) is 10.6 Å². The lowest BCUT2D eigenvalue weighted by atomic mass is 10.0. The van der Waals surface area contributed by atoms with Crippen LogP contribution < -0.4 is 16.4 Å². The predicted molar refractivity (Wildman–Crippen MR) is 92.1 cm³/mol. The molecule has 2 atom stereocenters. The number of amides is 3. The van der Waals surface area contributed by atoms with Gasteiger partial charge in [0.05, 0.1) is 18.5 Å². The first kappa shape index (κ1) is 17.0. The monoisotopic (exact) mass is 331 g/mol. The second-order valence-corrected chi connectivity index (χ2v) is 6.41. The number of primary amides is 1. The number of benzene rings is 1. The molecule has 1 aromatic heterocycles. The summed E-state index contributed by atoms with van der Waals surface area (Å²) < 4.78 is 0. The summed E-state index contributed by atoms with van der Waals surface area (Å²) in [6, 6.07) is 10.6. The molecule has 23 heavy (non-hydrogen) atoms. The molecular formula is C17H21N3O2S. The van der Waals surface area contributed by atoms with Crippen molar-refractivity contribution >= 4 is 23.3 Å². The van der Waals surface area contributed by atoms with Gasteiger partial charge in [-0.25, -0.2) is 4.79 Å². The molecule has 2 aromatic rings. The van der Waals surface area contributed by atoms with Crippen LogP contribution in [-0.4, -0.2) is 11.9 Å². The average Bonchev–Trinajstić information content (AvgIpc) is 3.00. The molecule has 0 aliphatic heterocycles. The predicted octanol–water partition coefficient (Wildman–Crippen LogP) is 3.03. The second kappa shape index (κ2) is 7.78. The van der Waals surface area contributed by atoms with Gasteiger partial charge < -0.3 is 16.4 Å². The minimum Gasteiger partial charge on any atom is -0.352 e. The van der Waals surface area contributed by atoms with Crippen molar-refractivity contribution in [3.8, 4) is 0 Å². The number of nitrogens with one attached hydrogen (secondary N) is 2. The van der Waals surface area contributed by atoms with Crippen molar-refractivity contribution in [1.82, 2.24) is 10.6 Å². The Labute approximate surface area is 139 Å². The van der Waals surface area contributed by atoms with E-state index in [4.69, 9.17) is 5.73 Å². The third-order valence-electron chi connectivity index (χ3n) is 3.63. The quantitative estimate of drug-likeness (QED) is 0.760. The normalized spacial score (nSPS) is 13.1. The van der Waals surface area contributed by atoms with E-state index >= 15 is 0 Å². The molecule has 0 saturated heterocycles. The summed E-state index contributed by atoms with van der Waals surface area (Å²) in [6.45, 7) is 3.96. The first-order chi connectivity index (χ1) is 11.0. The zero-order valence-corrected chi connectivity index (χ0v) is 14.0. The number of carbonyl (C=O) groups is 2. The zero-order valence-electron chi connectivity index (χ0n) is 13.2. The van der Waals surface area contributed by atoms with Crippen molar-refractivity contribution in [3.63, 3.8) is 0 Å². The largest absolute Gasteiger partial charge is 0.352 e. The van der Waals surface area contributed by atoms with Crippen LogP contribution in [0.15, 0.2) is 41.8 Å². The topological polar surface area (TPSA) is 84.2 Å². The maximum atomic E-state index is 12.3. The minimum absolute atomic E-state index is 0.0961. The van der Waals surface area contributed by atoms with E-state index in [1.807, 2.05) is 55.6 Å². The fraction of sp³-hybridized carbons (Fsp3) is 0.294. The Hall–Kier alpha value is -2.34. The Morgan fingerprint density at radius 3 is 2.52 bits per heavy atom. The van der Waals surface area contributed by atoms with Gasteiger partial charge in [-0.2, -0.15) is 0 Å². The SMILES string of the molecule is Cc1ccccc1[C@H](C)NC(=O)C[C@@H](NC(N)=O)c1cccs1. The molecule has 2 rings (SSSR count). The molecule has 0 fully saturated rings. The smallest absolute Gasteiger partial charge is 0.312 e. The molecule has 122 valence electrons. The van der Waals surface area contributed by atoms with Crippen molar-refractivity contribution in [2.24, 2.45) is 5.73 Å². The van der Waals surface area contributed by atoms with E-state index in [-0.39, 0.29) is 18.4 Å². The fourth-order valence-corrected chi connectivity index (χ4v) is 3.30. The maximum Gasteiger partial charge on any atom is 0.312 e. The van der Waals surface area contributed by atoms with Gasteiger partial charge in [-0.1, -0.05) is 30.3 Å². The van der Waals surface area contributed by atoms with Gasteiger partial charge in [0, 0.05) is 4.88 Å². The molecule has 3 amide bonds. The number of hydrogen-bond acceptors (Lipinski definition) is 3. The fourth-order valence-electron chi connectivity index (χ4n) is 2.52. The summed E-state index contributed by atoms with van der Waals surface area (Å²) in [4.78, 5) is 24.4. The summed E-state index contributed by atoms with van der Waals surface area (Å²) in [5, 5.41) is 7.50. The third-order valence-corrected chi connectivity index (χ3v) is 4.61. The lowest BCUT2D eigenvalue weighted by molar-refractivity contribution is -0.122. The lowest BCUT2D eigenvalue weighted by Gasteiger charge is -2.20. The van der Waals surface area contributed by atoms with E-state index in [0.717, 1.165) is 16.0 Å². The molecule has 0 spiro atoms. The second-order valence-electron chi connectivity index (χ2n) is 5.43. The van der Waals surface area contributed by atoms with E-state index in [1.54, 1.807) is 0 Å². The molecule has 0 radical (unpaired) electrons. The molecular weight excluding hydrogens is 310 g/mol. The number of rotatable bonds is 6. The van der Waals surface area contributed by atoms with Crippen molar-refractivity contribution in [1.29, 1.82) is 0 Å². The lowest BCUT2D eigenvalue weighted by Crippen LogP contribution is -2.37. The van der Waals surface area contributed by atoms with Crippen LogP contribution in [0.3, 0.4) is 0 Å². The first-order valence-electron chi connectivity index (χ1n) is 7.41. The van der Waals surface area contributed by atoms with Crippen molar-refractivity contribution in [2.45, 2.75) is 32.4 Å². The summed E-state index contributed by atoms with van der Waals surface area (Å²) in [7, 11) is 0. The van der Waals surface area contributed by atoms with Gasteiger partial charge in [0.1, 0.15) is 0 Å². The molecule has 0 aliphatic carbocycles. The van der Waals surface area contributed by atoms with Crippen molar-refractivity contribution < 1.29 is 9.59 Å². The van der Waals surface area contributed by atoms with Gasteiger partial charge in [-0.3, -0.25) is 4.79 Å². The van der Waals surface area contributed by atoms with Crippen LogP contribution in [0.1, 0.15) is 41.4 Å². The van der Waals surface area contributed by atoms with E-state index in [0.29, 0.717) is 0 Å². The number of carbonyl (C=O) groups excluding carboxylic acids is 2. The van der Waals surface area contributed by atoms with Crippen LogP contribution in [0, 0.1) is 6.92 Å². The van der Waals surface area contributed by atoms with Gasteiger partial charge in [-0.05, 0) is 36.4 Å². The third kappa shape index (κ3) is 4.82. The van der Waals surface area contributed by atoms with E-state index < -0.39 is 12.1 Å². The number of thiophene rings is 1. The molecule has 6 heteroatoms. The number of hydrogen-bond donors (Lipinski definition) is 3. The summed E-state index contributed by atoms with van der Waals surface area (Å²) >= 11 is 1.48. The van der Waals surface area contributed by atoms with Gasteiger partial charge in [0.2, 0.25) is 5.91 Å². The molecule has 0 aliphatic rings. The maximum absolute atomic E-state index is 12.3. The highest BCUT2D eigenvalue weighted by Crippen LogP contribution is 2.23. The average molecular weight is 331 g/mol. The number of urea groups is 1. The molecule has 0 saturated carbocycles. The number of nitrogens with two attached hydrogens (primary N) is 1. The Morgan fingerprint density at radius 2 is 1.91 bits per heavy atom. The van der Waals surface area contributed by atoms with Crippen LogP contribution in [0.5, 0.6) is 0 Å². The van der Waals surface area contributed by atoms with Crippen molar-refractivity contribution in [2.75, 3.05) is 0 Å². The van der Waals surface area contributed by atoms with Gasteiger partial charge in [0.15, 0.2) is 0 Å². The Bertz CT molecular complexity index is 670. The highest BCUT2D eigenvalue weighted by Gasteiger charge is 2.20. The molecule has 0 bridgehead atoms. The van der Waals surface area contributed by atoms with Gasteiger partial charge >= 0.3 is 6.03 Å². The highest BCUT2D eigenvalue weighted by molar-refractivity contribution is 7.10. The standard InChI is InChI=1S/C17H21N3O2S/c1-11-6-3-4-7-13(11)12(2)19-16(21)10-14(20-17(18)22)15-8-5-9-23-15/h3-9,12,14H,10H2,1-2H3,(H,19,21)(H3,18,20,22)/t12-,14+/m0/s1. The Morgan fingerprint density at radius 1 is 1.17 bits per heavy atom. The Balaban J connectivity index is 2.02. The van der Waals surface area contributed by atoms with Crippen molar-refractivity contribution in [3.05, 3.63) is 57.8 Å². The summed E-state index contributed by atoms with van der Waals surface area (Å²) in [6.07, 6.45) is 0.152. The molecule has 0 unspecified atom stereocenters. The number of aryl methyl sites for hydroxylation is 1. The van der Waals surface area contributed by atoms with E-state index in [1.165, 1.54) is 11.3 Å². The van der Waals surface area contributed by atoms with Crippen LogP contribution in [0.2, 0.25) is 0 Å². The molecule has 1 heterocycles. The molecule has 5 nitrogen and oxygen atoms in total. The van der Waals surface area contributed by atoms with Crippen LogP contribution in [0.25, 0.3) is 0 Å². The summed E-state index contributed by atoms with van der Waals surface area (Å²) in [5.41, 5.74) is 7.42. The van der Waals surface area contributed by atoms with Crippen LogP contribution in [-0.2, 0) is 4.79 Å². The summed E-state index contributed by atoms with van der Waals surface area (Å²) in [5.74, 6) is -0.132.